The van der Waals surface area contributed by atoms with Crippen LogP contribution in [0.4, 0.5) is 0 Å². The van der Waals surface area contributed by atoms with Crippen molar-refractivity contribution in [1.29, 1.82) is 0 Å². The van der Waals surface area contributed by atoms with Gasteiger partial charge in [-0.2, -0.15) is 0 Å². The molecule has 0 spiro atoms. The number of carbonyl (C=O) groups excluding carboxylic acids is 1. The molecule has 0 saturated carbocycles. The Morgan fingerprint density at radius 3 is 2.54 bits per heavy atom. The van der Waals surface area contributed by atoms with Gasteiger partial charge in [0.05, 0.1) is 12.6 Å². The highest BCUT2D eigenvalue weighted by Gasteiger charge is 2.43. The van der Waals surface area contributed by atoms with Crippen molar-refractivity contribution >= 4 is 11.9 Å². The van der Waals surface area contributed by atoms with Crippen LogP contribution in [0.3, 0.4) is 0 Å². The molecule has 138 valence electrons. The summed E-state index contributed by atoms with van der Waals surface area (Å²) in [7, 11) is 0. The fourth-order valence-electron chi connectivity index (χ4n) is 2.40. The lowest BCUT2D eigenvalue weighted by Gasteiger charge is -2.38. The van der Waals surface area contributed by atoms with Gasteiger partial charge in [-0.3, -0.25) is 4.79 Å². The molecule has 2 unspecified atom stereocenters. The third-order valence-electron chi connectivity index (χ3n) is 3.77. The SMILES string of the molecule is CCCCCC(=O)N[C@@H]1[C@@H](O)C=C(C(=O)O)O[C@H]1C(O)C(O)CO. The first kappa shape index (κ1) is 20.4. The average molecular weight is 347 g/mol. The number of nitrogens with one attached hydrogen (secondary N) is 1. The number of aliphatic hydroxyl groups is 4. The van der Waals surface area contributed by atoms with Gasteiger partial charge in [0.1, 0.15) is 18.3 Å². The van der Waals surface area contributed by atoms with E-state index >= 15 is 0 Å². The third-order valence-corrected chi connectivity index (χ3v) is 3.77. The number of hydrogen-bond donors (Lipinski definition) is 6. The molecule has 0 aromatic rings. The van der Waals surface area contributed by atoms with Crippen LogP contribution in [0, 0.1) is 0 Å². The molecule has 1 amide bonds. The fourth-order valence-corrected chi connectivity index (χ4v) is 2.40. The zero-order chi connectivity index (χ0) is 18.3. The first-order valence-electron chi connectivity index (χ1n) is 7.88. The average Bonchev–Trinajstić information content (AvgIpc) is 2.55. The lowest BCUT2D eigenvalue weighted by atomic mass is 9.93. The van der Waals surface area contributed by atoms with Gasteiger partial charge in [0.15, 0.2) is 6.10 Å². The third kappa shape index (κ3) is 5.45. The highest BCUT2D eigenvalue weighted by atomic mass is 16.5. The molecule has 0 aromatic carbocycles. The molecule has 0 radical (unpaired) electrons. The highest BCUT2D eigenvalue weighted by Crippen LogP contribution is 2.23. The Kier molecular flexibility index (Phi) is 8.13. The van der Waals surface area contributed by atoms with Gasteiger partial charge < -0.3 is 35.6 Å². The molecule has 5 atom stereocenters. The maximum Gasteiger partial charge on any atom is 0.370 e. The second-order valence-electron chi connectivity index (χ2n) is 5.70. The fraction of sp³-hybridized carbons (Fsp3) is 0.733. The minimum absolute atomic E-state index is 0.206. The van der Waals surface area contributed by atoms with Gasteiger partial charge in [-0.05, 0) is 12.5 Å². The number of aliphatic carboxylic acids is 1. The number of rotatable bonds is 9. The minimum atomic E-state index is -1.70. The van der Waals surface area contributed by atoms with Crippen LogP contribution in [0.5, 0.6) is 0 Å². The Balaban J connectivity index is 2.90. The van der Waals surface area contributed by atoms with Crippen LogP contribution in [-0.2, 0) is 14.3 Å². The van der Waals surface area contributed by atoms with E-state index in [0.717, 1.165) is 18.9 Å². The van der Waals surface area contributed by atoms with E-state index in [9.17, 15) is 24.9 Å². The van der Waals surface area contributed by atoms with Crippen LogP contribution in [-0.4, -0.2) is 74.5 Å². The van der Waals surface area contributed by atoms with Gasteiger partial charge in [0, 0.05) is 6.42 Å². The Hall–Kier alpha value is -1.68. The molecule has 0 saturated heterocycles. The molecule has 1 heterocycles. The summed E-state index contributed by atoms with van der Waals surface area (Å²) < 4.78 is 5.11. The van der Waals surface area contributed by atoms with Gasteiger partial charge in [-0.25, -0.2) is 4.79 Å². The molecule has 9 heteroatoms. The monoisotopic (exact) mass is 347 g/mol. The van der Waals surface area contributed by atoms with E-state index in [1.807, 2.05) is 6.92 Å². The van der Waals surface area contributed by atoms with Crippen molar-refractivity contribution in [3.05, 3.63) is 11.8 Å². The number of aliphatic hydroxyl groups excluding tert-OH is 4. The van der Waals surface area contributed by atoms with E-state index in [0.29, 0.717) is 6.42 Å². The largest absolute Gasteiger partial charge is 0.478 e. The lowest BCUT2D eigenvalue weighted by Crippen LogP contribution is -2.60. The maximum absolute atomic E-state index is 11.9. The normalized spacial score (nSPS) is 26.0. The van der Waals surface area contributed by atoms with Crippen molar-refractivity contribution in [3.8, 4) is 0 Å². The van der Waals surface area contributed by atoms with E-state index in [-0.39, 0.29) is 12.3 Å². The van der Waals surface area contributed by atoms with Gasteiger partial charge in [-0.15, -0.1) is 0 Å². The van der Waals surface area contributed by atoms with Crippen LogP contribution < -0.4 is 5.32 Å². The van der Waals surface area contributed by atoms with Gasteiger partial charge >= 0.3 is 5.97 Å². The summed E-state index contributed by atoms with van der Waals surface area (Å²) in [6.07, 6.45) is -2.62. The molecule has 1 aliphatic heterocycles. The molecule has 9 nitrogen and oxygen atoms in total. The van der Waals surface area contributed by atoms with E-state index in [1.54, 1.807) is 0 Å². The van der Waals surface area contributed by atoms with Crippen LogP contribution in [0.25, 0.3) is 0 Å². The Morgan fingerprint density at radius 2 is 2.00 bits per heavy atom. The Labute approximate surface area is 139 Å². The summed E-state index contributed by atoms with van der Waals surface area (Å²) in [5.41, 5.74) is 0. The van der Waals surface area contributed by atoms with Gasteiger partial charge in [0.25, 0.3) is 0 Å². The predicted octanol–water partition coefficient (Wildman–Crippen LogP) is -1.51. The summed E-state index contributed by atoms with van der Waals surface area (Å²) in [5.74, 6) is -2.45. The molecular formula is C15H25NO8. The van der Waals surface area contributed by atoms with Crippen molar-refractivity contribution in [1.82, 2.24) is 5.32 Å². The van der Waals surface area contributed by atoms with E-state index in [2.05, 4.69) is 5.32 Å². The second-order valence-corrected chi connectivity index (χ2v) is 5.70. The van der Waals surface area contributed by atoms with E-state index in [1.165, 1.54) is 0 Å². The molecule has 1 rings (SSSR count). The Bertz CT molecular complexity index is 466. The van der Waals surface area contributed by atoms with Crippen molar-refractivity contribution in [2.75, 3.05) is 6.61 Å². The summed E-state index contributed by atoms with van der Waals surface area (Å²) in [4.78, 5) is 23.0. The smallest absolute Gasteiger partial charge is 0.370 e. The standard InChI is InChI=1S/C15H25NO8/c1-2-3-4-5-11(20)16-12-8(18)6-10(15(22)23)24-14(12)13(21)9(19)7-17/h6,8-9,12-14,17-19,21H,2-5,7H2,1H3,(H,16,20)(H,22,23)/t8-,9?,12+,13?,14+/m0/s1. The molecule has 0 bridgehead atoms. The van der Waals surface area contributed by atoms with Gasteiger partial charge in [-0.1, -0.05) is 19.8 Å². The van der Waals surface area contributed by atoms with Crippen LogP contribution in [0.2, 0.25) is 0 Å². The molecule has 6 N–H and O–H groups in total. The summed E-state index contributed by atoms with van der Waals surface area (Å²) >= 11 is 0. The van der Waals surface area contributed by atoms with E-state index in [4.69, 9.17) is 14.9 Å². The first-order chi connectivity index (χ1) is 11.3. The zero-order valence-corrected chi connectivity index (χ0v) is 13.5. The van der Waals surface area contributed by atoms with E-state index < -0.39 is 48.8 Å². The quantitative estimate of drug-likeness (QED) is 0.275. The number of hydrogen-bond acceptors (Lipinski definition) is 7. The lowest BCUT2D eigenvalue weighted by molar-refractivity contribution is -0.149. The van der Waals surface area contributed by atoms with Crippen LogP contribution in [0.1, 0.15) is 32.6 Å². The zero-order valence-electron chi connectivity index (χ0n) is 13.5. The van der Waals surface area contributed by atoms with Crippen LogP contribution in [0.15, 0.2) is 11.8 Å². The van der Waals surface area contributed by atoms with Crippen LogP contribution >= 0.6 is 0 Å². The molecule has 0 aliphatic carbocycles. The topological polar surface area (TPSA) is 157 Å². The van der Waals surface area contributed by atoms with Crippen molar-refractivity contribution in [2.45, 2.75) is 63.1 Å². The first-order valence-corrected chi connectivity index (χ1v) is 7.88. The number of carboxylic acids is 1. The molecule has 0 aromatic heterocycles. The predicted molar refractivity (Wildman–Crippen MR) is 81.8 cm³/mol. The molecule has 1 aliphatic rings. The Morgan fingerprint density at radius 1 is 1.33 bits per heavy atom. The summed E-state index contributed by atoms with van der Waals surface area (Å²) in [6, 6.07) is -1.15. The number of ether oxygens (including phenoxy) is 1. The molecule has 0 fully saturated rings. The number of carboxylic acid groups (broad SMARTS) is 1. The molecule has 24 heavy (non-hydrogen) atoms. The maximum atomic E-state index is 11.9. The highest BCUT2D eigenvalue weighted by molar-refractivity contribution is 5.84. The van der Waals surface area contributed by atoms with Gasteiger partial charge in [0.2, 0.25) is 11.7 Å². The minimum Gasteiger partial charge on any atom is -0.478 e. The summed E-state index contributed by atoms with van der Waals surface area (Å²) in [5, 5.41) is 50.1. The number of carbonyl (C=O) groups is 2. The number of amides is 1. The number of unbranched alkanes of at least 4 members (excludes halogenated alkanes) is 2. The van der Waals surface area contributed by atoms with Crippen molar-refractivity contribution in [2.24, 2.45) is 0 Å². The second kappa shape index (κ2) is 9.58. The van der Waals surface area contributed by atoms with Crippen molar-refractivity contribution < 1.29 is 39.9 Å². The molecular weight excluding hydrogens is 322 g/mol. The van der Waals surface area contributed by atoms with Crippen molar-refractivity contribution in [3.63, 3.8) is 0 Å². The summed E-state index contributed by atoms with van der Waals surface area (Å²) in [6.45, 7) is 1.19.